The van der Waals surface area contributed by atoms with Crippen molar-refractivity contribution < 1.29 is 9.21 Å². The molecule has 1 N–H and O–H groups in total. The molecule has 3 heterocycles. The van der Waals surface area contributed by atoms with Gasteiger partial charge in [0.15, 0.2) is 11.2 Å². The van der Waals surface area contributed by atoms with Gasteiger partial charge in [-0.1, -0.05) is 18.2 Å². The monoisotopic (exact) mass is 393 g/mol. The van der Waals surface area contributed by atoms with Gasteiger partial charge in [-0.2, -0.15) is 5.10 Å². The molecule has 0 aliphatic rings. The van der Waals surface area contributed by atoms with Gasteiger partial charge in [-0.05, 0) is 37.4 Å². The Morgan fingerprint density at radius 3 is 2.82 bits per heavy atom. The van der Waals surface area contributed by atoms with E-state index in [0.29, 0.717) is 24.1 Å². The summed E-state index contributed by atoms with van der Waals surface area (Å²) in [7, 11) is 0. The van der Waals surface area contributed by atoms with E-state index in [1.54, 1.807) is 35.6 Å². The van der Waals surface area contributed by atoms with Crippen LogP contribution in [0.15, 0.2) is 57.1 Å². The Morgan fingerprint density at radius 2 is 2.04 bits per heavy atom. The van der Waals surface area contributed by atoms with Crippen LogP contribution >= 0.6 is 11.3 Å². The molecule has 0 fully saturated rings. The van der Waals surface area contributed by atoms with Crippen LogP contribution in [0.1, 0.15) is 21.9 Å². The van der Waals surface area contributed by atoms with Crippen molar-refractivity contribution in [3.8, 4) is 10.4 Å². The first-order valence-corrected chi connectivity index (χ1v) is 9.81. The van der Waals surface area contributed by atoms with E-state index >= 15 is 0 Å². The van der Waals surface area contributed by atoms with Gasteiger partial charge in [0.1, 0.15) is 5.58 Å². The molecule has 0 radical (unpaired) electrons. The number of fused-ring (bicyclic) bond motifs is 1. The van der Waals surface area contributed by atoms with Crippen molar-refractivity contribution in [2.24, 2.45) is 0 Å². The lowest BCUT2D eigenvalue weighted by molar-refractivity contribution is 0.0924. The first-order chi connectivity index (χ1) is 13.5. The number of aromatic nitrogens is 2. The van der Waals surface area contributed by atoms with Crippen molar-refractivity contribution in [1.29, 1.82) is 0 Å². The second kappa shape index (κ2) is 7.44. The van der Waals surface area contributed by atoms with Gasteiger partial charge >= 0.3 is 0 Å². The summed E-state index contributed by atoms with van der Waals surface area (Å²) >= 11 is 1.68. The van der Waals surface area contributed by atoms with Crippen LogP contribution in [0.2, 0.25) is 0 Å². The highest BCUT2D eigenvalue weighted by molar-refractivity contribution is 7.13. The summed E-state index contributed by atoms with van der Waals surface area (Å²) in [6.45, 7) is 4.92. The standard InChI is InChI=1S/C21H19N3O3S/c1-13-20(19-8-5-11-28-19)14(2)24(23-13)10-9-22-21(26)18-12-16(25)15-6-3-4-7-17(15)27-18/h3-8,11-12H,9-10H2,1-2H3,(H,22,26). The molecule has 0 aliphatic carbocycles. The van der Waals surface area contributed by atoms with E-state index < -0.39 is 5.91 Å². The molecule has 0 unspecified atom stereocenters. The number of para-hydroxylation sites is 1. The van der Waals surface area contributed by atoms with Gasteiger partial charge in [0, 0.05) is 28.7 Å². The Morgan fingerprint density at radius 1 is 1.21 bits per heavy atom. The summed E-state index contributed by atoms with van der Waals surface area (Å²) in [6.07, 6.45) is 0. The fourth-order valence-corrected chi connectivity index (χ4v) is 4.14. The van der Waals surface area contributed by atoms with Gasteiger partial charge in [-0.15, -0.1) is 11.3 Å². The number of amides is 1. The fourth-order valence-electron chi connectivity index (χ4n) is 3.27. The van der Waals surface area contributed by atoms with Gasteiger partial charge in [0.2, 0.25) is 0 Å². The van der Waals surface area contributed by atoms with Crippen molar-refractivity contribution >= 4 is 28.2 Å². The number of hydrogen-bond acceptors (Lipinski definition) is 5. The number of carbonyl (C=O) groups is 1. The molecule has 0 spiro atoms. The van der Waals surface area contributed by atoms with Gasteiger partial charge < -0.3 is 9.73 Å². The molecule has 142 valence electrons. The summed E-state index contributed by atoms with van der Waals surface area (Å²) in [4.78, 5) is 25.7. The van der Waals surface area contributed by atoms with Crippen molar-refractivity contribution in [1.82, 2.24) is 15.1 Å². The van der Waals surface area contributed by atoms with Crippen LogP contribution in [-0.4, -0.2) is 22.2 Å². The van der Waals surface area contributed by atoms with Crippen molar-refractivity contribution in [2.75, 3.05) is 6.54 Å². The zero-order valence-corrected chi connectivity index (χ0v) is 16.4. The molecule has 4 rings (SSSR count). The first kappa shape index (κ1) is 18.2. The fraction of sp³-hybridized carbons (Fsp3) is 0.190. The van der Waals surface area contributed by atoms with Gasteiger partial charge in [0.25, 0.3) is 5.91 Å². The molecule has 0 saturated carbocycles. The van der Waals surface area contributed by atoms with Crippen molar-refractivity contribution in [3.63, 3.8) is 0 Å². The van der Waals surface area contributed by atoms with E-state index in [2.05, 4.69) is 16.5 Å². The van der Waals surface area contributed by atoms with Crippen molar-refractivity contribution in [2.45, 2.75) is 20.4 Å². The van der Waals surface area contributed by atoms with Crippen LogP contribution in [0.3, 0.4) is 0 Å². The molecule has 1 amide bonds. The summed E-state index contributed by atoms with van der Waals surface area (Å²) in [5.74, 6) is -0.404. The summed E-state index contributed by atoms with van der Waals surface area (Å²) in [6, 6.07) is 12.2. The SMILES string of the molecule is Cc1nn(CCNC(=O)c2cc(=O)c3ccccc3o2)c(C)c1-c1cccs1. The quantitative estimate of drug-likeness (QED) is 0.560. The largest absolute Gasteiger partial charge is 0.451 e. The molecule has 7 heteroatoms. The zero-order chi connectivity index (χ0) is 19.7. The van der Waals surface area contributed by atoms with Crippen LogP contribution in [0.4, 0.5) is 0 Å². The molecule has 1 aromatic carbocycles. The minimum absolute atomic E-state index is 0.0105. The molecule has 0 saturated heterocycles. The third kappa shape index (κ3) is 3.36. The van der Waals surface area contributed by atoms with Gasteiger partial charge in [-0.25, -0.2) is 0 Å². The second-order valence-electron chi connectivity index (χ2n) is 6.47. The smallest absolute Gasteiger partial charge is 0.287 e. The van der Waals surface area contributed by atoms with E-state index in [-0.39, 0.29) is 11.2 Å². The lowest BCUT2D eigenvalue weighted by atomic mass is 10.1. The van der Waals surface area contributed by atoms with E-state index in [1.807, 2.05) is 30.0 Å². The van der Waals surface area contributed by atoms with Crippen LogP contribution in [0.5, 0.6) is 0 Å². The van der Waals surface area contributed by atoms with Crippen LogP contribution in [0.25, 0.3) is 21.4 Å². The topological polar surface area (TPSA) is 77.1 Å². The molecule has 6 nitrogen and oxygen atoms in total. The number of rotatable bonds is 5. The zero-order valence-electron chi connectivity index (χ0n) is 15.6. The molecule has 3 aromatic heterocycles. The predicted octanol–water partition coefficient (Wildman–Crippen LogP) is 3.76. The number of nitrogens with one attached hydrogen (secondary N) is 1. The lowest BCUT2D eigenvalue weighted by Crippen LogP contribution is -2.28. The number of aryl methyl sites for hydroxylation is 1. The Bertz CT molecular complexity index is 1210. The minimum atomic E-state index is -0.414. The molecular weight excluding hydrogens is 374 g/mol. The molecular formula is C21H19N3O3S. The Hall–Kier alpha value is -3.19. The number of benzene rings is 1. The normalized spacial score (nSPS) is 11.1. The Labute approximate surface area is 165 Å². The Balaban J connectivity index is 1.47. The molecule has 0 bridgehead atoms. The lowest BCUT2D eigenvalue weighted by Gasteiger charge is -2.07. The van der Waals surface area contributed by atoms with Crippen LogP contribution in [0, 0.1) is 13.8 Å². The van der Waals surface area contributed by atoms with Gasteiger partial charge in [-0.3, -0.25) is 14.3 Å². The average molecular weight is 393 g/mol. The highest BCUT2D eigenvalue weighted by Gasteiger charge is 2.15. The van der Waals surface area contributed by atoms with Crippen LogP contribution in [-0.2, 0) is 6.54 Å². The number of carbonyl (C=O) groups excluding carboxylic acids is 1. The van der Waals surface area contributed by atoms with E-state index in [4.69, 9.17) is 4.42 Å². The number of thiophene rings is 1. The Kier molecular flexibility index (Phi) is 4.83. The van der Waals surface area contributed by atoms with E-state index in [1.165, 1.54) is 10.9 Å². The number of hydrogen-bond donors (Lipinski definition) is 1. The maximum absolute atomic E-state index is 12.4. The second-order valence-corrected chi connectivity index (χ2v) is 7.42. The average Bonchev–Trinajstić information content (AvgIpc) is 3.29. The minimum Gasteiger partial charge on any atom is -0.451 e. The number of nitrogens with zero attached hydrogens (tertiary/aromatic N) is 2. The predicted molar refractivity (Wildman–Crippen MR) is 110 cm³/mol. The van der Waals surface area contributed by atoms with Crippen molar-refractivity contribution in [3.05, 3.63) is 75.2 Å². The first-order valence-electron chi connectivity index (χ1n) is 8.93. The molecule has 28 heavy (non-hydrogen) atoms. The summed E-state index contributed by atoms with van der Waals surface area (Å²) in [5, 5.41) is 9.90. The maximum Gasteiger partial charge on any atom is 0.287 e. The van der Waals surface area contributed by atoms with E-state index in [0.717, 1.165) is 17.0 Å². The maximum atomic E-state index is 12.4. The summed E-state index contributed by atoms with van der Waals surface area (Å²) < 4.78 is 7.46. The highest BCUT2D eigenvalue weighted by Crippen LogP contribution is 2.30. The van der Waals surface area contributed by atoms with Gasteiger partial charge in [0.05, 0.1) is 17.6 Å². The molecule has 0 aliphatic heterocycles. The molecule has 0 atom stereocenters. The van der Waals surface area contributed by atoms with E-state index in [9.17, 15) is 9.59 Å². The summed E-state index contributed by atoms with van der Waals surface area (Å²) in [5.41, 5.74) is 3.34. The third-order valence-electron chi connectivity index (χ3n) is 4.62. The third-order valence-corrected chi connectivity index (χ3v) is 5.50. The highest BCUT2D eigenvalue weighted by atomic mass is 32.1. The molecule has 4 aromatic rings. The van der Waals surface area contributed by atoms with Crippen LogP contribution < -0.4 is 10.7 Å².